The maximum absolute atomic E-state index is 5.36. The molecular formula is C8H15N3S. The normalized spacial score (nSPS) is 10.5. The van der Waals surface area contributed by atoms with Crippen molar-refractivity contribution in [1.29, 1.82) is 0 Å². The summed E-state index contributed by atoms with van der Waals surface area (Å²) >= 11 is 1.69. The first kappa shape index (κ1) is 9.64. The zero-order valence-electron chi connectivity index (χ0n) is 7.34. The fourth-order valence-electron chi connectivity index (χ4n) is 0.933. The number of aromatic nitrogens is 1. The molecule has 0 atom stereocenters. The van der Waals surface area contributed by atoms with Crippen molar-refractivity contribution in [2.75, 3.05) is 13.1 Å². The molecule has 1 heterocycles. The van der Waals surface area contributed by atoms with Crippen LogP contribution < -0.4 is 11.1 Å². The topological polar surface area (TPSA) is 50.9 Å². The van der Waals surface area contributed by atoms with Gasteiger partial charge in [-0.25, -0.2) is 4.98 Å². The van der Waals surface area contributed by atoms with Gasteiger partial charge < -0.3 is 11.1 Å². The van der Waals surface area contributed by atoms with Gasteiger partial charge in [-0.3, -0.25) is 0 Å². The zero-order valence-corrected chi connectivity index (χ0v) is 8.16. The lowest BCUT2D eigenvalue weighted by Gasteiger charge is -1.99. The molecule has 0 spiro atoms. The molecule has 1 rings (SSSR count). The largest absolute Gasteiger partial charge is 0.330 e. The van der Waals surface area contributed by atoms with Crippen molar-refractivity contribution in [3.63, 3.8) is 0 Å². The summed E-state index contributed by atoms with van der Waals surface area (Å²) in [5.74, 6) is 0. The van der Waals surface area contributed by atoms with Crippen molar-refractivity contribution in [2.24, 2.45) is 5.73 Å². The predicted molar refractivity (Wildman–Crippen MR) is 52.2 cm³/mol. The highest BCUT2D eigenvalue weighted by Crippen LogP contribution is 2.06. The van der Waals surface area contributed by atoms with Gasteiger partial charge in [-0.05, 0) is 26.4 Å². The molecule has 1 aromatic rings. The SMILES string of the molecule is Cc1nc(CNCCCN)cs1. The Morgan fingerprint density at radius 3 is 3.08 bits per heavy atom. The van der Waals surface area contributed by atoms with Gasteiger partial charge in [0.2, 0.25) is 0 Å². The van der Waals surface area contributed by atoms with Crippen LogP contribution in [0.3, 0.4) is 0 Å². The van der Waals surface area contributed by atoms with Crippen LogP contribution in [-0.4, -0.2) is 18.1 Å². The third-order valence-corrected chi connectivity index (χ3v) is 2.35. The second-order valence-electron chi connectivity index (χ2n) is 2.68. The van der Waals surface area contributed by atoms with E-state index in [1.54, 1.807) is 11.3 Å². The first-order valence-corrected chi connectivity index (χ1v) is 5.02. The number of nitrogens with one attached hydrogen (secondary N) is 1. The number of hydrogen-bond acceptors (Lipinski definition) is 4. The van der Waals surface area contributed by atoms with E-state index in [2.05, 4.69) is 15.7 Å². The first-order valence-electron chi connectivity index (χ1n) is 4.14. The Labute approximate surface area is 77.0 Å². The molecule has 0 saturated heterocycles. The summed E-state index contributed by atoms with van der Waals surface area (Å²) in [4.78, 5) is 4.33. The average molecular weight is 185 g/mol. The van der Waals surface area contributed by atoms with Crippen LogP contribution in [0.4, 0.5) is 0 Å². The van der Waals surface area contributed by atoms with Crippen LogP contribution in [0, 0.1) is 6.92 Å². The molecule has 0 aliphatic carbocycles. The van der Waals surface area contributed by atoms with Crippen molar-refractivity contribution >= 4 is 11.3 Å². The highest BCUT2D eigenvalue weighted by Gasteiger charge is 1.95. The van der Waals surface area contributed by atoms with E-state index in [0.717, 1.165) is 36.8 Å². The molecule has 0 aliphatic rings. The van der Waals surface area contributed by atoms with Gasteiger partial charge in [-0.15, -0.1) is 11.3 Å². The lowest BCUT2D eigenvalue weighted by molar-refractivity contribution is 0.647. The lowest BCUT2D eigenvalue weighted by atomic mass is 10.4. The van der Waals surface area contributed by atoms with Gasteiger partial charge >= 0.3 is 0 Å². The van der Waals surface area contributed by atoms with Crippen LogP contribution in [0.15, 0.2) is 5.38 Å². The van der Waals surface area contributed by atoms with Gasteiger partial charge in [-0.2, -0.15) is 0 Å². The quantitative estimate of drug-likeness (QED) is 0.670. The molecule has 0 fully saturated rings. The van der Waals surface area contributed by atoms with E-state index < -0.39 is 0 Å². The Kier molecular flexibility index (Phi) is 4.21. The number of nitrogens with zero attached hydrogens (tertiary/aromatic N) is 1. The van der Waals surface area contributed by atoms with Gasteiger partial charge in [0.25, 0.3) is 0 Å². The maximum Gasteiger partial charge on any atom is 0.0897 e. The molecule has 0 radical (unpaired) electrons. The summed E-state index contributed by atoms with van der Waals surface area (Å²) in [5, 5.41) is 6.50. The number of hydrogen-bond donors (Lipinski definition) is 2. The lowest BCUT2D eigenvalue weighted by Crippen LogP contribution is -2.17. The number of rotatable bonds is 5. The first-order chi connectivity index (χ1) is 5.83. The second-order valence-corrected chi connectivity index (χ2v) is 3.74. The van der Waals surface area contributed by atoms with Crippen molar-refractivity contribution in [3.05, 3.63) is 16.1 Å². The van der Waals surface area contributed by atoms with Gasteiger partial charge in [0.05, 0.1) is 10.7 Å². The third kappa shape index (κ3) is 3.30. The van der Waals surface area contributed by atoms with E-state index in [9.17, 15) is 0 Å². The Hall–Kier alpha value is -0.450. The summed E-state index contributed by atoms with van der Waals surface area (Å²) in [7, 11) is 0. The molecule has 0 unspecified atom stereocenters. The van der Waals surface area contributed by atoms with Crippen LogP contribution in [0.5, 0.6) is 0 Å². The minimum Gasteiger partial charge on any atom is -0.330 e. The highest BCUT2D eigenvalue weighted by molar-refractivity contribution is 7.09. The van der Waals surface area contributed by atoms with Gasteiger partial charge in [0.15, 0.2) is 0 Å². The minimum atomic E-state index is 0.753. The summed E-state index contributed by atoms with van der Waals surface area (Å²) in [6.07, 6.45) is 1.03. The summed E-state index contributed by atoms with van der Waals surface area (Å²) < 4.78 is 0. The molecule has 68 valence electrons. The van der Waals surface area contributed by atoms with E-state index >= 15 is 0 Å². The molecule has 3 nitrogen and oxygen atoms in total. The van der Waals surface area contributed by atoms with Crippen molar-refractivity contribution < 1.29 is 0 Å². The monoisotopic (exact) mass is 185 g/mol. The average Bonchev–Trinajstić information content (AvgIpc) is 2.45. The number of nitrogens with two attached hydrogens (primary N) is 1. The zero-order chi connectivity index (χ0) is 8.81. The molecule has 0 saturated carbocycles. The fourth-order valence-corrected chi connectivity index (χ4v) is 1.55. The Bertz CT molecular complexity index is 222. The number of aryl methyl sites for hydroxylation is 1. The minimum absolute atomic E-state index is 0.753. The van der Waals surface area contributed by atoms with E-state index in [-0.39, 0.29) is 0 Å². The smallest absolute Gasteiger partial charge is 0.0897 e. The van der Waals surface area contributed by atoms with Crippen LogP contribution in [0.25, 0.3) is 0 Å². The molecule has 0 amide bonds. The third-order valence-electron chi connectivity index (χ3n) is 1.53. The summed E-state index contributed by atoms with van der Waals surface area (Å²) in [5.41, 5.74) is 6.49. The standard InChI is InChI=1S/C8H15N3S/c1-7-11-8(6-12-7)5-10-4-2-3-9/h6,10H,2-5,9H2,1H3. The van der Waals surface area contributed by atoms with Crippen LogP contribution in [0.2, 0.25) is 0 Å². The van der Waals surface area contributed by atoms with E-state index in [4.69, 9.17) is 5.73 Å². The number of thiazole rings is 1. The molecule has 0 aliphatic heterocycles. The second kappa shape index (κ2) is 5.24. The van der Waals surface area contributed by atoms with Crippen molar-refractivity contribution in [1.82, 2.24) is 10.3 Å². The molecule has 1 aromatic heterocycles. The summed E-state index contributed by atoms with van der Waals surface area (Å²) in [6, 6.07) is 0. The van der Waals surface area contributed by atoms with Crippen LogP contribution in [0.1, 0.15) is 17.1 Å². The molecular weight excluding hydrogens is 170 g/mol. The summed E-state index contributed by atoms with van der Waals surface area (Å²) in [6.45, 7) is 4.62. The molecule has 3 N–H and O–H groups in total. The molecule has 4 heteroatoms. The van der Waals surface area contributed by atoms with E-state index in [0.29, 0.717) is 0 Å². The van der Waals surface area contributed by atoms with Crippen LogP contribution >= 0.6 is 11.3 Å². The predicted octanol–water partition coefficient (Wildman–Crippen LogP) is 0.890. The fraction of sp³-hybridized carbons (Fsp3) is 0.625. The molecule has 0 aromatic carbocycles. The molecule has 0 bridgehead atoms. The van der Waals surface area contributed by atoms with Crippen molar-refractivity contribution in [2.45, 2.75) is 19.9 Å². The Balaban J connectivity index is 2.15. The van der Waals surface area contributed by atoms with Gasteiger partial charge in [0.1, 0.15) is 0 Å². The van der Waals surface area contributed by atoms with E-state index in [1.807, 2.05) is 6.92 Å². The maximum atomic E-state index is 5.36. The van der Waals surface area contributed by atoms with Gasteiger partial charge in [-0.1, -0.05) is 0 Å². The van der Waals surface area contributed by atoms with Crippen LogP contribution in [-0.2, 0) is 6.54 Å². The molecule has 12 heavy (non-hydrogen) atoms. The van der Waals surface area contributed by atoms with Gasteiger partial charge in [0, 0.05) is 11.9 Å². The van der Waals surface area contributed by atoms with Crippen molar-refractivity contribution in [3.8, 4) is 0 Å². The highest BCUT2D eigenvalue weighted by atomic mass is 32.1. The Morgan fingerprint density at radius 2 is 2.50 bits per heavy atom. The Morgan fingerprint density at radius 1 is 1.67 bits per heavy atom. The van der Waals surface area contributed by atoms with E-state index in [1.165, 1.54) is 0 Å².